The Morgan fingerprint density at radius 2 is 0.540 bits per heavy atom. The zero-order valence-electron chi connectivity index (χ0n) is 105. The van der Waals surface area contributed by atoms with E-state index in [-0.39, 0.29) is 38.4 Å². The van der Waals surface area contributed by atoms with Crippen LogP contribution < -0.4 is 0 Å². The Kier molecular flexibility index (Phi) is 75.0. The Labute approximate surface area is 930 Å². The average molecular weight is 2070 g/mol. The van der Waals surface area contributed by atoms with E-state index in [4.69, 9.17) is 30.6 Å². The van der Waals surface area contributed by atoms with Gasteiger partial charge in [0.1, 0.15) is 0 Å². The smallest absolute Gasteiger partial charge is 0.0684 e. The minimum atomic E-state index is 0.0413. The number of rotatable bonds is 8. The summed E-state index contributed by atoms with van der Waals surface area (Å²) >= 11 is 0. The SMILES string of the molecule is CC1C(CO)CCCC1CO.CC1CC(C)C(C)C(C)C1.CC1CCC(C)CC1.CC1CCCC(C)C1C.CC1CCCCC1C.CC1CCCCC1C(C)(C)C.CC1CCCCC1CO.CCC1CCCCC1C.CCc1ccccc1C.Cc1c(CO)cccc1CO.Cc1cc(C)c(C)c(C)c1.Cc1ccc(C)cc1.Cc1cccc(C)c1C.Cc1ccccc1C.Cc1ccccc1C(C)(C)C.Cc1ccccc1CO. The molecule has 0 saturated heterocycles. The minimum absolute atomic E-state index is 0.0413. The van der Waals surface area contributed by atoms with E-state index in [0.29, 0.717) is 35.7 Å². The van der Waals surface area contributed by atoms with E-state index in [9.17, 15) is 0 Å². The van der Waals surface area contributed by atoms with Crippen molar-refractivity contribution in [2.24, 2.45) is 124 Å². The van der Waals surface area contributed by atoms with Gasteiger partial charge >= 0.3 is 0 Å². The van der Waals surface area contributed by atoms with Crippen LogP contribution in [0.3, 0.4) is 0 Å². The van der Waals surface area contributed by atoms with Crippen LogP contribution in [0.5, 0.6) is 0 Å². The summed E-state index contributed by atoms with van der Waals surface area (Å²) in [6, 6.07) is 58.1. The molecule has 8 aromatic rings. The van der Waals surface area contributed by atoms with Crippen molar-refractivity contribution in [3.63, 3.8) is 0 Å². The highest BCUT2D eigenvalue weighted by molar-refractivity contribution is 5.37. The molecule has 0 aromatic heterocycles. The van der Waals surface area contributed by atoms with E-state index in [0.717, 1.165) is 142 Å². The molecule has 8 saturated carbocycles. The van der Waals surface area contributed by atoms with Crippen LogP contribution in [-0.2, 0) is 31.7 Å². The average Bonchev–Trinajstić information content (AvgIpc) is 0.830. The Morgan fingerprint density at radius 1 is 0.233 bits per heavy atom. The molecule has 8 fully saturated rings. The first-order valence-electron chi connectivity index (χ1n) is 60.8. The first kappa shape index (κ1) is 142. The molecule has 0 bridgehead atoms. The number of benzene rings is 8. The standard InChI is InChI=1S/C11H22.C11H16.C10H20.C10H14.C9H18O2.C9H12O2.C9H18.C9H12.C9H18.C9H12.C8H16O.C8H10O.C8H16.C8H10.C8H16.C8H10/c2*1-9-7-5-6-8-10(9)11(2,3)4;2*1-7-5-8(2)10(4)9(3)6-7;2*1-7-8(5-10)3-2-4-9(7)6-11;2*1-7-5-4-6-8(2)9(7)3;2*1-3-9-7-5-4-6-8(9)2;2*1-7-4-2-3-5-8(7)6-9;2*1-7-3-5-8(2)6-4-7;2*1-7-5-3-4-6-8(7)2/h9-10H,5-8H2,1-4H3;5-8H,1-4H3;7-10H,5-6H2,1-4H3;5-6H,1-4H3;7-11H,2-6H2,1H3;2-4,10-11H,5-6H2,1H3;7-9H,4-6H2,1-3H3;4-6H,1-3H3;8-9H,3-7H2,1-2H3;4-7H,3H2,1-2H3;7-9H,2-6H2,1H3;2-5,9H,6H2,1H3;7-8H,3-6H2,1-2H3;3-6H,1-2H3;7-8H,3-6H2,1-2H3;3-6H,1-2H3. The molecule has 8 aliphatic carbocycles. The van der Waals surface area contributed by atoms with E-state index in [1.807, 2.05) is 56.3 Å². The second kappa shape index (κ2) is 79.5. The summed E-state index contributed by atoms with van der Waals surface area (Å²) in [5, 5.41) is 53.3. The lowest BCUT2D eigenvalue weighted by molar-refractivity contribution is 0.0657. The van der Waals surface area contributed by atoms with Crippen LogP contribution in [0.15, 0.2) is 170 Å². The van der Waals surface area contributed by atoms with Crippen molar-refractivity contribution in [3.05, 3.63) is 281 Å². The maximum atomic E-state index is 8.99. The third-order valence-corrected chi connectivity index (χ3v) is 36.5. The zero-order chi connectivity index (χ0) is 113. The molecule has 8 aromatic carbocycles. The fourth-order valence-electron chi connectivity index (χ4n) is 23.2. The fraction of sp³-hybridized carbons (Fsp3) is 0.667. The molecule has 6 N–H and O–H groups in total. The Bertz CT molecular complexity index is 4440. The van der Waals surface area contributed by atoms with Gasteiger partial charge in [0.25, 0.3) is 0 Å². The zero-order valence-corrected chi connectivity index (χ0v) is 105. The third-order valence-electron chi connectivity index (χ3n) is 36.5. The molecule has 14 atom stereocenters. The van der Waals surface area contributed by atoms with Crippen molar-refractivity contribution in [1.82, 2.24) is 0 Å². The molecule has 16 rings (SSSR count). The molecule has 0 heterocycles. The second-order valence-corrected chi connectivity index (χ2v) is 51.0. The molecule has 6 heteroatoms. The lowest BCUT2D eigenvalue weighted by Gasteiger charge is -2.38. The predicted octanol–water partition coefficient (Wildman–Crippen LogP) is 40.4. The highest BCUT2D eigenvalue weighted by atomic mass is 16.3. The van der Waals surface area contributed by atoms with E-state index in [1.54, 1.807) is 0 Å². The maximum absolute atomic E-state index is 8.99. The molecule has 6 nitrogen and oxygen atoms in total. The number of hydrogen-bond acceptors (Lipinski definition) is 6. The third kappa shape index (κ3) is 59.1. The summed E-state index contributed by atoms with van der Waals surface area (Å²) in [7, 11) is 0. The number of aliphatic hydroxyl groups excluding tert-OH is 6. The topological polar surface area (TPSA) is 121 Å². The van der Waals surface area contributed by atoms with Crippen LogP contribution in [0.4, 0.5) is 0 Å². The van der Waals surface area contributed by atoms with Crippen LogP contribution in [0.2, 0.25) is 0 Å². The van der Waals surface area contributed by atoms with Gasteiger partial charge in [0.05, 0.1) is 19.8 Å². The van der Waals surface area contributed by atoms with Crippen LogP contribution in [0, 0.1) is 228 Å². The summed E-state index contributed by atoms with van der Waals surface area (Å²) in [6.45, 7) is 86.8. The number of aryl methyl sites for hydroxylation is 13. The normalized spacial score (nSPS) is 24.9. The molecule has 0 spiro atoms. The highest BCUT2D eigenvalue weighted by Gasteiger charge is 2.33. The van der Waals surface area contributed by atoms with Crippen molar-refractivity contribution in [3.8, 4) is 0 Å². The lowest BCUT2D eigenvalue weighted by atomic mass is 9.67. The van der Waals surface area contributed by atoms with Gasteiger partial charge in [-0.1, -0.05) is 493 Å². The van der Waals surface area contributed by atoms with Crippen LogP contribution >= 0.6 is 0 Å². The van der Waals surface area contributed by atoms with Crippen LogP contribution in [-0.4, -0.2) is 50.5 Å². The molecule has 14 unspecified atom stereocenters. The van der Waals surface area contributed by atoms with Gasteiger partial charge in [0.15, 0.2) is 0 Å². The molecule has 0 aliphatic heterocycles. The lowest BCUT2D eigenvalue weighted by Crippen LogP contribution is -2.30. The van der Waals surface area contributed by atoms with Gasteiger partial charge in [0.2, 0.25) is 0 Å². The summed E-state index contributed by atoms with van der Waals surface area (Å²) < 4.78 is 0. The number of aliphatic hydroxyl groups is 6. The van der Waals surface area contributed by atoms with Gasteiger partial charge in [-0.05, 0) is 373 Å². The molecule has 0 radical (unpaired) electrons. The molecule has 8 aliphatic rings. The van der Waals surface area contributed by atoms with Crippen LogP contribution in [0.1, 0.15) is 457 Å². The van der Waals surface area contributed by atoms with E-state index in [1.165, 1.54) is 257 Å². The summed E-state index contributed by atoms with van der Waals surface area (Å²) in [4.78, 5) is 0. The molecule has 852 valence electrons. The fourth-order valence-corrected chi connectivity index (χ4v) is 23.2. The van der Waals surface area contributed by atoms with Gasteiger partial charge in [-0.15, -0.1) is 0 Å². The summed E-state index contributed by atoms with van der Waals surface area (Å²) in [5.41, 5.74) is 26.6. The summed E-state index contributed by atoms with van der Waals surface area (Å²) in [6.07, 6.45) is 42.2. The van der Waals surface area contributed by atoms with Gasteiger partial charge in [0, 0.05) is 19.8 Å². The second-order valence-electron chi connectivity index (χ2n) is 51.0. The Hall–Kier alpha value is -6.48. The highest BCUT2D eigenvalue weighted by Crippen LogP contribution is 2.43. The molecular formula is C144H240O6. The maximum Gasteiger partial charge on any atom is 0.0684 e. The monoisotopic (exact) mass is 2070 g/mol. The van der Waals surface area contributed by atoms with Gasteiger partial charge in [-0.3, -0.25) is 0 Å². The van der Waals surface area contributed by atoms with Crippen LogP contribution in [0.25, 0.3) is 0 Å². The first-order chi connectivity index (χ1) is 70.8. The van der Waals surface area contributed by atoms with Gasteiger partial charge < -0.3 is 30.6 Å². The largest absolute Gasteiger partial charge is 0.396 e. The first-order valence-corrected chi connectivity index (χ1v) is 60.8. The van der Waals surface area contributed by atoms with Crippen molar-refractivity contribution in [2.45, 2.75) is 481 Å². The number of hydrogen-bond donors (Lipinski definition) is 6. The van der Waals surface area contributed by atoms with E-state index >= 15 is 0 Å². The van der Waals surface area contributed by atoms with Crippen molar-refractivity contribution >= 4 is 0 Å². The van der Waals surface area contributed by atoms with Crippen molar-refractivity contribution in [1.29, 1.82) is 0 Å². The van der Waals surface area contributed by atoms with Gasteiger partial charge in [-0.2, -0.15) is 0 Å². The molecular weight excluding hydrogens is 1830 g/mol. The summed E-state index contributed by atoms with van der Waals surface area (Å²) in [5.74, 6) is 17.6. The van der Waals surface area contributed by atoms with Crippen molar-refractivity contribution < 1.29 is 30.6 Å². The predicted molar refractivity (Wildman–Crippen MR) is 664 cm³/mol. The van der Waals surface area contributed by atoms with E-state index in [2.05, 4.69) is 377 Å². The Morgan fingerprint density at radius 3 is 0.833 bits per heavy atom. The molecule has 150 heavy (non-hydrogen) atoms. The quantitative estimate of drug-likeness (QED) is 0.0901. The van der Waals surface area contributed by atoms with Crippen molar-refractivity contribution in [2.75, 3.05) is 19.8 Å². The molecule has 0 amide bonds. The minimum Gasteiger partial charge on any atom is -0.396 e. The van der Waals surface area contributed by atoms with Gasteiger partial charge in [-0.25, -0.2) is 0 Å². The Balaban J connectivity index is 0.000000801. The van der Waals surface area contributed by atoms with E-state index < -0.39 is 0 Å².